The molecule has 1 aromatic carbocycles. The zero-order valence-corrected chi connectivity index (χ0v) is 12.6. The number of carbonyl (C=O) groups is 1. The fourth-order valence-electron chi connectivity index (χ4n) is 2.50. The molecule has 6 heteroatoms. The molecule has 1 aliphatic rings. The van der Waals surface area contributed by atoms with E-state index in [-0.39, 0.29) is 18.1 Å². The Morgan fingerprint density at radius 2 is 2.05 bits per heavy atom. The second-order valence-electron chi connectivity index (χ2n) is 5.10. The van der Waals surface area contributed by atoms with Crippen LogP contribution in [0.2, 0.25) is 10.0 Å². The summed E-state index contributed by atoms with van der Waals surface area (Å²) in [4.78, 5) is 12.0. The van der Waals surface area contributed by atoms with Gasteiger partial charge in [0.2, 0.25) is 0 Å². The van der Waals surface area contributed by atoms with Gasteiger partial charge in [0.15, 0.2) is 6.61 Å². The van der Waals surface area contributed by atoms with Crippen molar-refractivity contribution < 1.29 is 9.53 Å². The van der Waals surface area contributed by atoms with Crippen LogP contribution in [0.4, 0.5) is 0 Å². The Morgan fingerprint density at radius 1 is 1.35 bits per heavy atom. The molecule has 1 aromatic rings. The lowest BCUT2D eigenvalue weighted by atomic mass is 9.98. The van der Waals surface area contributed by atoms with Crippen molar-refractivity contribution in [1.29, 1.82) is 0 Å². The summed E-state index contributed by atoms with van der Waals surface area (Å²) in [5, 5.41) is 3.90. The Labute approximate surface area is 128 Å². The fourth-order valence-corrected chi connectivity index (χ4v) is 2.96. The highest BCUT2D eigenvalue weighted by Crippen LogP contribution is 2.29. The largest absolute Gasteiger partial charge is 0.482 e. The quantitative estimate of drug-likeness (QED) is 0.878. The van der Waals surface area contributed by atoms with Gasteiger partial charge in [-0.3, -0.25) is 4.79 Å². The Bertz CT molecular complexity index is 488. The summed E-state index contributed by atoms with van der Waals surface area (Å²) in [5.74, 6) is 0.266. The Balaban J connectivity index is 1.89. The van der Waals surface area contributed by atoms with Gasteiger partial charge in [-0.15, -0.1) is 0 Å². The number of halogens is 2. The van der Waals surface area contributed by atoms with Crippen LogP contribution in [0.1, 0.15) is 25.7 Å². The third-order valence-corrected chi connectivity index (χ3v) is 4.14. The van der Waals surface area contributed by atoms with Crippen molar-refractivity contribution in [2.45, 2.75) is 31.2 Å². The Kier molecular flexibility index (Phi) is 5.13. The van der Waals surface area contributed by atoms with Crippen molar-refractivity contribution in [3.63, 3.8) is 0 Å². The van der Waals surface area contributed by atoms with E-state index in [9.17, 15) is 4.79 Å². The van der Waals surface area contributed by atoms with Crippen LogP contribution >= 0.6 is 23.2 Å². The van der Waals surface area contributed by atoms with E-state index < -0.39 is 0 Å². The molecule has 0 spiro atoms. The molecule has 0 bridgehead atoms. The second kappa shape index (κ2) is 6.66. The predicted molar refractivity (Wildman–Crippen MR) is 80.4 cm³/mol. The summed E-state index contributed by atoms with van der Waals surface area (Å²) < 4.78 is 5.41. The third kappa shape index (κ3) is 3.78. The zero-order chi connectivity index (χ0) is 14.6. The maximum absolute atomic E-state index is 12.0. The fraction of sp³-hybridized carbons (Fsp3) is 0.500. The van der Waals surface area contributed by atoms with Gasteiger partial charge in [0.1, 0.15) is 5.75 Å². The number of nitrogens with two attached hydrogens (primary N) is 1. The highest BCUT2D eigenvalue weighted by atomic mass is 35.5. The van der Waals surface area contributed by atoms with E-state index in [2.05, 4.69) is 5.32 Å². The SMILES string of the molecule is NCC1(NC(=O)COc2ccc(Cl)cc2Cl)CCCC1. The van der Waals surface area contributed by atoms with Crippen molar-refractivity contribution >= 4 is 29.1 Å². The summed E-state index contributed by atoms with van der Waals surface area (Å²) in [7, 11) is 0. The highest BCUT2D eigenvalue weighted by molar-refractivity contribution is 6.35. The van der Waals surface area contributed by atoms with Gasteiger partial charge in [-0.2, -0.15) is 0 Å². The number of hydrogen-bond donors (Lipinski definition) is 2. The van der Waals surface area contributed by atoms with E-state index >= 15 is 0 Å². The van der Waals surface area contributed by atoms with Crippen LogP contribution in [0.25, 0.3) is 0 Å². The van der Waals surface area contributed by atoms with E-state index in [4.69, 9.17) is 33.7 Å². The number of carbonyl (C=O) groups excluding carboxylic acids is 1. The Morgan fingerprint density at radius 3 is 2.65 bits per heavy atom. The molecule has 0 atom stereocenters. The molecule has 0 heterocycles. The van der Waals surface area contributed by atoms with Crippen LogP contribution < -0.4 is 15.8 Å². The minimum atomic E-state index is -0.260. The minimum Gasteiger partial charge on any atom is -0.482 e. The van der Waals surface area contributed by atoms with E-state index in [1.807, 2.05) is 0 Å². The monoisotopic (exact) mass is 316 g/mol. The number of hydrogen-bond acceptors (Lipinski definition) is 3. The minimum absolute atomic E-state index is 0.0803. The summed E-state index contributed by atoms with van der Waals surface area (Å²) in [6.07, 6.45) is 4.05. The molecule has 0 saturated heterocycles. The topological polar surface area (TPSA) is 64.3 Å². The molecular weight excluding hydrogens is 299 g/mol. The van der Waals surface area contributed by atoms with Crippen molar-refractivity contribution in [3.05, 3.63) is 28.2 Å². The van der Waals surface area contributed by atoms with Crippen molar-refractivity contribution in [3.8, 4) is 5.75 Å². The molecule has 0 aromatic heterocycles. The smallest absolute Gasteiger partial charge is 0.258 e. The lowest BCUT2D eigenvalue weighted by Crippen LogP contribution is -2.52. The normalized spacial score (nSPS) is 16.9. The first-order valence-electron chi connectivity index (χ1n) is 6.64. The molecule has 1 fully saturated rings. The van der Waals surface area contributed by atoms with Gasteiger partial charge in [-0.05, 0) is 31.0 Å². The summed E-state index contributed by atoms with van der Waals surface area (Å²) in [5.41, 5.74) is 5.51. The van der Waals surface area contributed by atoms with E-state index in [1.165, 1.54) is 0 Å². The molecule has 1 aliphatic carbocycles. The van der Waals surface area contributed by atoms with Crippen LogP contribution in [-0.4, -0.2) is 24.6 Å². The van der Waals surface area contributed by atoms with Crippen molar-refractivity contribution in [2.24, 2.45) is 5.73 Å². The van der Waals surface area contributed by atoms with Gasteiger partial charge in [0, 0.05) is 11.6 Å². The molecule has 0 radical (unpaired) electrons. The van der Waals surface area contributed by atoms with Crippen molar-refractivity contribution in [2.75, 3.05) is 13.2 Å². The second-order valence-corrected chi connectivity index (χ2v) is 5.95. The first-order valence-corrected chi connectivity index (χ1v) is 7.39. The number of amides is 1. The molecule has 1 amide bonds. The van der Waals surface area contributed by atoms with Crippen LogP contribution in [0, 0.1) is 0 Å². The number of ether oxygens (including phenoxy) is 1. The first-order chi connectivity index (χ1) is 9.54. The predicted octanol–water partition coefficient (Wildman–Crippen LogP) is 2.76. The molecular formula is C14H18Cl2N2O2. The van der Waals surface area contributed by atoms with Gasteiger partial charge in [-0.1, -0.05) is 36.0 Å². The molecule has 2 rings (SSSR count). The number of benzene rings is 1. The third-order valence-electron chi connectivity index (χ3n) is 3.61. The maximum Gasteiger partial charge on any atom is 0.258 e. The van der Waals surface area contributed by atoms with E-state index in [0.717, 1.165) is 25.7 Å². The average Bonchev–Trinajstić information content (AvgIpc) is 2.87. The van der Waals surface area contributed by atoms with Crippen LogP contribution in [-0.2, 0) is 4.79 Å². The molecule has 1 saturated carbocycles. The van der Waals surface area contributed by atoms with Crippen molar-refractivity contribution in [1.82, 2.24) is 5.32 Å². The standard InChI is InChI=1S/C14H18Cl2N2O2/c15-10-3-4-12(11(16)7-10)20-8-13(19)18-14(9-17)5-1-2-6-14/h3-4,7H,1-2,5-6,8-9,17H2,(H,18,19). The maximum atomic E-state index is 12.0. The average molecular weight is 317 g/mol. The van der Waals surface area contributed by atoms with Crippen LogP contribution in [0.3, 0.4) is 0 Å². The van der Waals surface area contributed by atoms with E-state index in [1.54, 1.807) is 18.2 Å². The van der Waals surface area contributed by atoms with Crippen LogP contribution in [0.5, 0.6) is 5.75 Å². The van der Waals surface area contributed by atoms with Crippen LogP contribution in [0.15, 0.2) is 18.2 Å². The Hall–Kier alpha value is -0.970. The van der Waals surface area contributed by atoms with Gasteiger partial charge < -0.3 is 15.8 Å². The number of rotatable bonds is 5. The van der Waals surface area contributed by atoms with Gasteiger partial charge in [0.05, 0.1) is 10.6 Å². The molecule has 0 aliphatic heterocycles. The zero-order valence-electron chi connectivity index (χ0n) is 11.1. The molecule has 4 nitrogen and oxygen atoms in total. The molecule has 0 unspecified atom stereocenters. The summed E-state index contributed by atoms with van der Waals surface area (Å²) in [6.45, 7) is 0.379. The first kappa shape index (κ1) is 15.4. The van der Waals surface area contributed by atoms with Gasteiger partial charge in [0.25, 0.3) is 5.91 Å². The van der Waals surface area contributed by atoms with E-state index in [0.29, 0.717) is 22.3 Å². The molecule has 20 heavy (non-hydrogen) atoms. The lowest BCUT2D eigenvalue weighted by Gasteiger charge is -2.28. The lowest BCUT2D eigenvalue weighted by molar-refractivity contribution is -0.124. The summed E-state index contributed by atoms with van der Waals surface area (Å²) in [6, 6.07) is 4.89. The summed E-state index contributed by atoms with van der Waals surface area (Å²) >= 11 is 11.8. The molecule has 3 N–H and O–H groups in total. The molecule has 110 valence electrons. The van der Waals surface area contributed by atoms with Gasteiger partial charge >= 0.3 is 0 Å². The highest BCUT2D eigenvalue weighted by Gasteiger charge is 2.33. The number of nitrogens with one attached hydrogen (secondary N) is 1. The van der Waals surface area contributed by atoms with Gasteiger partial charge in [-0.25, -0.2) is 0 Å².